The Morgan fingerprint density at radius 3 is 1.91 bits per heavy atom. The number of ketones is 2. The molecule has 176 valence electrons. The summed E-state index contributed by atoms with van der Waals surface area (Å²) in [4.78, 5) is 31.3. The van der Waals surface area contributed by atoms with Crippen molar-refractivity contribution in [1.82, 2.24) is 4.98 Å². The number of pyridine rings is 1. The third-order valence-corrected chi connectivity index (χ3v) is 7.14. The van der Waals surface area contributed by atoms with Crippen molar-refractivity contribution in [2.75, 3.05) is 7.11 Å². The highest BCUT2D eigenvalue weighted by molar-refractivity contribution is 6.06. The van der Waals surface area contributed by atoms with Gasteiger partial charge in [-0.2, -0.15) is 0 Å². The second-order valence-corrected chi connectivity index (χ2v) is 11.3. The predicted molar refractivity (Wildman–Crippen MR) is 130 cm³/mol. The van der Waals surface area contributed by atoms with Crippen LogP contribution in [0.15, 0.2) is 65.4 Å². The molecule has 0 radical (unpaired) electrons. The minimum Gasteiger partial charge on any atom is -0.496 e. The Bertz CT molecular complexity index is 1200. The lowest BCUT2D eigenvalue weighted by atomic mass is 9.65. The number of benzene rings is 1. The van der Waals surface area contributed by atoms with Crippen LogP contribution in [0.1, 0.15) is 64.9 Å². The Morgan fingerprint density at radius 2 is 1.38 bits per heavy atom. The Labute approximate surface area is 200 Å². The van der Waals surface area contributed by atoms with Gasteiger partial charge in [-0.3, -0.25) is 14.6 Å². The number of carbonyl (C=O) groups excluding carboxylic acids is 2. The molecule has 3 aliphatic rings. The number of Topliss-reactive ketones (excluding diaryl/α,β-unsaturated/α-hetero) is 2. The number of ether oxygens (including phenoxy) is 2. The van der Waals surface area contributed by atoms with Crippen LogP contribution in [0.25, 0.3) is 11.1 Å². The molecule has 5 rings (SSSR count). The molecule has 2 heterocycles. The van der Waals surface area contributed by atoms with Crippen molar-refractivity contribution in [3.8, 4) is 16.9 Å². The summed E-state index contributed by atoms with van der Waals surface area (Å²) < 4.78 is 12.2. The van der Waals surface area contributed by atoms with Crippen LogP contribution >= 0.6 is 0 Å². The zero-order chi connectivity index (χ0) is 24.3. The van der Waals surface area contributed by atoms with Crippen molar-refractivity contribution in [2.24, 2.45) is 10.8 Å². The zero-order valence-electron chi connectivity index (χ0n) is 20.5. The molecule has 5 heteroatoms. The number of methoxy groups -OCH3 is 1. The Hall–Kier alpha value is -3.21. The molecule has 2 aromatic rings. The molecule has 0 spiro atoms. The molecular formula is C29H31NO4. The molecule has 2 aliphatic carbocycles. The first-order chi connectivity index (χ1) is 16.1. The minimum absolute atomic E-state index is 0.0526. The second-order valence-electron chi connectivity index (χ2n) is 11.3. The fraction of sp³-hybridized carbons (Fsp3) is 0.414. The highest BCUT2D eigenvalue weighted by Gasteiger charge is 2.48. The molecule has 0 saturated carbocycles. The van der Waals surface area contributed by atoms with E-state index in [9.17, 15) is 9.59 Å². The first-order valence-electron chi connectivity index (χ1n) is 11.9. The van der Waals surface area contributed by atoms with Crippen LogP contribution in [-0.4, -0.2) is 23.7 Å². The van der Waals surface area contributed by atoms with E-state index in [1.54, 1.807) is 19.5 Å². The summed E-state index contributed by atoms with van der Waals surface area (Å²) in [6.45, 7) is 8.38. The molecule has 0 fully saturated rings. The quantitative estimate of drug-likeness (QED) is 0.552. The standard InChI is InChI=1S/C29H31NO4/c1-28(2)13-20(31)26-23(15-28)34-24-16-29(3,4)14-21(32)27(24)25(26)19-12-18(6-7-22(19)33-5)17-8-10-30-11-9-17/h6-12,25H,13-16H2,1-5H3. The summed E-state index contributed by atoms with van der Waals surface area (Å²) in [5.41, 5.74) is 3.71. The number of carbonyl (C=O) groups is 2. The normalized spacial score (nSPS) is 21.7. The van der Waals surface area contributed by atoms with Gasteiger partial charge in [0.25, 0.3) is 0 Å². The fourth-order valence-corrected chi connectivity index (χ4v) is 5.67. The van der Waals surface area contributed by atoms with Crippen molar-refractivity contribution in [3.63, 3.8) is 0 Å². The molecule has 1 aliphatic heterocycles. The maximum Gasteiger partial charge on any atom is 0.163 e. The summed E-state index contributed by atoms with van der Waals surface area (Å²) in [5, 5.41) is 0. The number of rotatable bonds is 3. The van der Waals surface area contributed by atoms with Crippen molar-refractivity contribution >= 4 is 11.6 Å². The predicted octanol–water partition coefficient (Wildman–Crippen LogP) is 6.16. The first-order valence-corrected chi connectivity index (χ1v) is 11.9. The van der Waals surface area contributed by atoms with Crippen LogP contribution in [0.2, 0.25) is 0 Å². The molecule has 0 saturated heterocycles. The van der Waals surface area contributed by atoms with Crippen LogP contribution in [0.3, 0.4) is 0 Å². The van der Waals surface area contributed by atoms with Crippen molar-refractivity contribution in [1.29, 1.82) is 0 Å². The first kappa shape index (κ1) is 22.6. The summed E-state index contributed by atoms with van der Waals surface area (Å²) in [6.07, 6.45) is 5.72. The third-order valence-electron chi connectivity index (χ3n) is 7.14. The van der Waals surface area contributed by atoms with Gasteiger partial charge in [0, 0.05) is 54.8 Å². The van der Waals surface area contributed by atoms with Crippen molar-refractivity contribution < 1.29 is 19.1 Å². The number of nitrogens with zero attached hydrogens (tertiary/aromatic N) is 1. The SMILES string of the molecule is COc1ccc(-c2ccncc2)cc1C1C2=C(CC(C)(C)CC2=O)OC2=C1C(=O)CC(C)(C)C2. The number of hydrogen-bond acceptors (Lipinski definition) is 5. The lowest BCUT2D eigenvalue weighted by Crippen LogP contribution is -2.37. The van der Waals surface area contributed by atoms with Crippen LogP contribution in [0, 0.1) is 10.8 Å². The largest absolute Gasteiger partial charge is 0.496 e. The van der Waals surface area contributed by atoms with Gasteiger partial charge in [0.1, 0.15) is 17.3 Å². The van der Waals surface area contributed by atoms with Crippen molar-refractivity contribution in [3.05, 3.63) is 71.0 Å². The van der Waals surface area contributed by atoms with Gasteiger partial charge in [-0.15, -0.1) is 0 Å². The molecule has 0 bridgehead atoms. The monoisotopic (exact) mass is 457 g/mol. The van der Waals surface area contributed by atoms with Crippen LogP contribution in [0.4, 0.5) is 0 Å². The summed E-state index contributed by atoms with van der Waals surface area (Å²) in [5.74, 6) is 1.72. The van der Waals surface area contributed by atoms with E-state index >= 15 is 0 Å². The average Bonchev–Trinajstić information content (AvgIpc) is 2.76. The Kier molecular flexibility index (Phi) is 5.27. The molecule has 0 unspecified atom stereocenters. The second kappa shape index (κ2) is 7.93. The van der Waals surface area contributed by atoms with E-state index in [1.807, 2.05) is 24.3 Å². The van der Waals surface area contributed by atoms with Crippen molar-refractivity contribution in [2.45, 2.75) is 59.3 Å². The van der Waals surface area contributed by atoms with E-state index in [4.69, 9.17) is 9.47 Å². The van der Waals surface area contributed by atoms with E-state index in [1.165, 1.54) is 0 Å². The summed E-state index contributed by atoms with van der Waals surface area (Å²) in [6, 6.07) is 9.88. The van der Waals surface area contributed by atoms with Gasteiger partial charge in [0.15, 0.2) is 11.6 Å². The number of allylic oxidation sites excluding steroid dienone is 4. The smallest absolute Gasteiger partial charge is 0.163 e. The molecular weight excluding hydrogens is 426 g/mol. The highest BCUT2D eigenvalue weighted by Crippen LogP contribution is 2.54. The van der Waals surface area contributed by atoms with E-state index in [0.29, 0.717) is 54.1 Å². The van der Waals surface area contributed by atoms with E-state index in [2.05, 4.69) is 38.7 Å². The van der Waals surface area contributed by atoms with Gasteiger partial charge in [0.05, 0.1) is 13.0 Å². The lowest BCUT2D eigenvalue weighted by molar-refractivity contribution is -0.120. The molecule has 0 atom stereocenters. The molecule has 1 aromatic heterocycles. The molecule has 34 heavy (non-hydrogen) atoms. The Balaban J connectivity index is 1.75. The van der Waals surface area contributed by atoms with Crippen LogP contribution in [0.5, 0.6) is 5.75 Å². The number of aromatic nitrogens is 1. The number of hydrogen-bond donors (Lipinski definition) is 0. The average molecular weight is 458 g/mol. The van der Waals surface area contributed by atoms with Gasteiger partial charge < -0.3 is 9.47 Å². The third kappa shape index (κ3) is 3.87. The topological polar surface area (TPSA) is 65.5 Å². The van der Waals surface area contributed by atoms with Gasteiger partial charge in [-0.1, -0.05) is 33.8 Å². The maximum absolute atomic E-state index is 13.6. The molecule has 0 amide bonds. The van der Waals surface area contributed by atoms with Gasteiger partial charge in [-0.25, -0.2) is 0 Å². The van der Waals surface area contributed by atoms with Gasteiger partial charge >= 0.3 is 0 Å². The van der Waals surface area contributed by atoms with E-state index in [0.717, 1.165) is 16.7 Å². The molecule has 0 N–H and O–H groups in total. The van der Waals surface area contributed by atoms with Gasteiger partial charge in [-0.05, 0) is 46.2 Å². The highest BCUT2D eigenvalue weighted by atomic mass is 16.5. The summed E-state index contributed by atoms with van der Waals surface area (Å²) >= 11 is 0. The maximum atomic E-state index is 13.6. The van der Waals surface area contributed by atoms with E-state index < -0.39 is 5.92 Å². The minimum atomic E-state index is -0.484. The fourth-order valence-electron chi connectivity index (χ4n) is 5.67. The molecule has 1 aromatic carbocycles. The zero-order valence-corrected chi connectivity index (χ0v) is 20.5. The van der Waals surface area contributed by atoms with Gasteiger partial charge in [0.2, 0.25) is 0 Å². The van der Waals surface area contributed by atoms with Crippen LogP contribution < -0.4 is 4.74 Å². The lowest BCUT2D eigenvalue weighted by Gasteiger charge is -2.43. The van der Waals surface area contributed by atoms with E-state index in [-0.39, 0.29) is 22.4 Å². The summed E-state index contributed by atoms with van der Waals surface area (Å²) in [7, 11) is 1.63. The molecule has 5 nitrogen and oxygen atoms in total. The van der Waals surface area contributed by atoms with Crippen LogP contribution in [-0.2, 0) is 14.3 Å². The Morgan fingerprint density at radius 1 is 0.824 bits per heavy atom.